The number of rotatable bonds is 2. The molecule has 1 amide bonds. The summed E-state index contributed by atoms with van der Waals surface area (Å²) in [5.74, 6) is 1.68. The van der Waals surface area contributed by atoms with Gasteiger partial charge in [0.05, 0.1) is 11.5 Å². The van der Waals surface area contributed by atoms with Gasteiger partial charge in [-0.3, -0.25) is 4.79 Å². The molecule has 0 bridgehead atoms. The van der Waals surface area contributed by atoms with Gasteiger partial charge in [-0.15, -0.1) is 0 Å². The molecule has 0 saturated carbocycles. The number of nitrogens with zero attached hydrogens (tertiary/aromatic N) is 3. The van der Waals surface area contributed by atoms with Crippen molar-refractivity contribution in [2.75, 3.05) is 46.4 Å². The Balaban J connectivity index is 1.36. The van der Waals surface area contributed by atoms with Crippen molar-refractivity contribution in [1.29, 1.82) is 0 Å². The summed E-state index contributed by atoms with van der Waals surface area (Å²) >= 11 is 0. The smallest absolute Gasteiger partial charge is 0.252 e. The molecule has 0 radical (unpaired) electrons. The Morgan fingerprint density at radius 1 is 1.07 bits per heavy atom. The molecule has 7 heteroatoms. The van der Waals surface area contributed by atoms with E-state index in [1.54, 1.807) is 6.08 Å². The van der Waals surface area contributed by atoms with Crippen LogP contribution in [0.5, 0.6) is 11.5 Å². The fourth-order valence-corrected chi connectivity index (χ4v) is 5.52. The molecule has 6 nitrogen and oxygen atoms in total. The molecule has 1 saturated heterocycles. The third-order valence-electron chi connectivity index (χ3n) is 5.78. The molecule has 0 N–H and O–H groups in total. The van der Waals surface area contributed by atoms with Gasteiger partial charge in [-0.2, -0.15) is 0 Å². The molecular formula is C22H26N3O3P. The Hall–Kier alpha value is -2.30. The number of carbonyl (C=O) groups excluding carboxylic acids is 1. The van der Waals surface area contributed by atoms with Gasteiger partial charge in [0.1, 0.15) is 13.2 Å². The highest BCUT2D eigenvalue weighted by atomic mass is 31.1. The zero-order valence-corrected chi connectivity index (χ0v) is 17.6. The zero-order chi connectivity index (χ0) is 19.8. The van der Waals surface area contributed by atoms with Gasteiger partial charge in [0.15, 0.2) is 11.5 Å². The molecule has 4 aliphatic rings. The topological polar surface area (TPSA) is 45.2 Å². The van der Waals surface area contributed by atoms with Crippen LogP contribution >= 0.6 is 8.58 Å². The molecule has 4 aliphatic heterocycles. The lowest BCUT2D eigenvalue weighted by molar-refractivity contribution is -0.123. The van der Waals surface area contributed by atoms with Crippen molar-refractivity contribution in [3.05, 3.63) is 53.9 Å². The second kappa shape index (κ2) is 7.85. The number of carbonyl (C=O) groups is 1. The summed E-state index contributed by atoms with van der Waals surface area (Å²) in [6.45, 7) is 5.36. The summed E-state index contributed by atoms with van der Waals surface area (Å²) in [4.78, 5) is 19.6. The third-order valence-corrected chi connectivity index (χ3v) is 7.29. The highest BCUT2D eigenvalue weighted by molar-refractivity contribution is 7.51. The maximum atomic E-state index is 12.9. The van der Waals surface area contributed by atoms with Gasteiger partial charge in [-0.1, -0.05) is 20.7 Å². The molecule has 5 rings (SSSR count). The highest BCUT2D eigenvalue weighted by Gasteiger charge is 2.30. The van der Waals surface area contributed by atoms with Crippen molar-refractivity contribution in [2.45, 2.75) is 12.2 Å². The predicted octanol–water partition coefficient (Wildman–Crippen LogP) is 2.69. The molecule has 4 heterocycles. The van der Waals surface area contributed by atoms with Crippen molar-refractivity contribution >= 4 is 19.8 Å². The predicted molar refractivity (Wildman–Crippen MR) is 115 cm³/mol. The van der Waals surface area contributed by atoms with Crippen molar-refractivity contribution in [3.63, 3.8) is 0 Å². The van der Waals surface area contributed by atoms with Gasteiger partial charge in [0.2, 0.25) is 0 Å². The van der Waals surface area contributed by atoms with Gasteiger partial charge in [0.25, 0.3) is 5.91 Å². The van der Waals surface area contributed by atoms with E-state index < -0.39 is 0 Å². The van der Waals surface area contributed by atoms with Crippen LogP contribution in [0.1, 0.15) is 12.0 Å². The van der Waals surface area contributed by atoms with Crippen molar-refractivity contribution in [2.24, 2.45) is 0 Å². The molecule has 152 valence electrons. The van der Waals surface area contributed by atoms with Gasteiger partial charge in [0, 0.05) is 31.9 Å². The van der Waals surface area contributed by atoms with E-state index in [0.717, 1.165) is 60.7 Å². The molecule has 0 aliphatic carbocycles. The Bertz CT molecular complexity index is 911. The van der Waals surface area contributed by atoms with Crippen LogP contribution in [-0.2, 0) is 4.79 Å². The van der Waals surface area contributed by atoms with Gasteiger partial charge in [-0.05, 0) is 49.1 Å². The van der Waals surface area contributed by atoms with Gasteiger partial charge >= 0.3 is 0 Å². The summed E-state index contributed by atoms with van der Waals surface area (Å²) in [7, 11) is 2.67. The number of allylic oxidation sites excluding steroid dienone is 1. The minimum absolute atomic E-state index is 0.0485. The Kier molecular flexibility index (Phi) is 5.06. The molecule has 2 unspecified atom stereocenters. The van der Waals surface area contributed by atoms with Crippen LogP contribution in [-0.4, -0.2) is 72.8 Å². The van der Waals surface area contributed by atoms with Crippen LogP contribution in [0.25, 0.3) is 5.31 Å². The van der Waals surface area contributed by atoms with Crippen molar-refractivity contribution < 1.29 is 14.3 Å². The van der Waals surface area contributed by atoms with E-state index in [9.17, 15) is 4.79 Å². The Morgan fingerprint density at radius 3 is 2.83 bits per heavy atom. The lowest BCUT2D eigenvalue weighted by Gasteiger charge is -2.36. The van der Waals surface area contributed by atoms with Crippen LogP contribution in [0.15, 0.2) is 48.3 Å². The summed E-state index contributed by atoms with van der Waals surface area (Å²) in [6.07, 6.45) is 9.35. The minimum Gasteiger partial charge on any atom is -0.486 e. The number of likely N-dealkylation sites (N-methyl/N-ethyl adjacent to an activating group) is 1. The first-order chi connectivity index (χ1) is 14.2. The van der Waals surface area contributed by atoms with Crippen LogP contribution in [0.3, 0.4) is 0 Å². The lowest BCUT2D eigenvalue weighted by Crippen LogP contribution is -2.38. The SMILES string of the molecule is CN1CCCN(C2=CN3C(=O)C=C(c4ccc5c(c4)OCCO5)PC3C=C2)CC1. The first kappa shape index (κ1) is 18.7. The average Bonchev–Trinajstić information content (AvgIpc) is 2.97. The summed E-state index contributed by atoms with van der Waals surface area (Å²) in [6, 6.07) is 5.96. The second-order valence-corrected chi connectivity index (χ2v) is 9.23. The van der Waals surface area contributed by atoms with Gasteiger partial charge < -0.3 is 24.2 Å². The van der Waals surface area contributed by atoms with E-state index in [4.69, 9.17) is 9.47 Å². The minimum atomic E-state index is 0.0485. The normalized spacial score (nSPS) is 25.4. The maximum Gasteiger partial charge on any atom is 0.252 e. The molecule has 1 fully saturated rings. The van der Waals surface area contributed by atoms with E-state index in [0.29, 0.717) is 21.8 Å². The summed E-state index contributed by atoms with van der Waals surface area (Å²) < 4.78 is 11.3. The van der Waals surface area contributed by atoms with Crippen LogP contribution < -0.4 is 9.47 Å². The first-order valence-electron chi connectivity index (χ1n) is 10.2. The molecule has 2 atom stereocenters. The molecule has 29 heavy (non-hydrogen) atoms. The van der Waals surface area contributed by atoms with Crippen LogP contribution in [0.2, 0.25) is 0 Å². The van der Waals surface area contributed by atoms with E-state index in [1.165, 1.54) is 0 Å². The number of amides is 1. The highest BCUT2D eigenvalue weighted by Crippen LogP contribution is 2.46. The number of hydrogen-bond acceptors (Lipinski definition) is 5. The number of fused-ring (bicyclic) bond motifs is 2. The van der Waals surface area contributed by atoms with Crippen molar-refractivity contribution in [1.82, 2.24) is 14.7 Å². The van der Waals surface area contributed by atoms with Crippen molar-refractivity contribution in [3.8, 4) is 11.5 Å². The molecular weight excluding hydrogens is 385 g/mol. The average molecular weight is 411 g/mol. The molecule has 1 aromatic carbocycles. The Morgan fingerprint density at radius 2 is 1.93 bits per heavy atom. The molecule has 0 aromatic heterocycles. The zero-order valence-electron chi connectivity index (χ0n) is 16.6. The second-order valence-electron chi connectivity index (χ2n) is 7.81. The number of ether oxygens (including phenoxy) is 2. The van der Waals surface area contributed by atoms with E-state index in [2.05, 4.69) is 29.0 Å². The first-order valence-corrected chi connectivity index (χ1v) is 11.3. The monoisotopic (exact) mass is 411 g/mol. The fraction of sp³-hybridized carbons (Fsp3) is 0.409. The van der Waals surface area contributed by atoms with E-state index in [-0.39, 0.29) is 11.7 Å². The number of benzene rings is 1. The lowest BCUT2D eigenvalue weighted by atomic mass is 10.1. The van der Waals surface area contributed by atoms with Crippen LogP contribution in [0, 0.1) is 0 Å². The number of hydrogen-bond donors (Lipinski definition) is 0. The van der Waals surface area contributed by atoms with Gasteiger partial charge in [-0.25, -0.2) is 0 Å². The third kappa shape index (κ3) is 3.79. The van der Waals surface area contributed by atoms with E-state index >= 15 is 0 Å². The largest absolute Gasteiger partial charge is 0.486 e. The summed E-state index contributed by atoms with van der Waals surface area (Å²) in [5, 5.41) is 1.08. The summed E-state index contributed by atoms with van der Waals surface area (Å²) in [5.41, 5.74) is 2.19. The fourth-order valence-electron chi connectivity index (χ4n) is 4.13. The molecule has 1 aromatic rings. The Labute approximate surface area is 173 Å². The quantitative estimate of drug-likeness (QED) is 0.701. The molecule has 0 spiro atoms. The van der Waals surface area contributed by atoms with Crippen LogP contribution in [0.4, 0.5) is 0 Å². The maximum absolute atomic E-state index is 12.9. The standard InChI is InChI=1S/C22H26N3O3P/c1-23-7-2-8-24(10-9-23)17-4-6-22-25(15-17)21(26)14-20(29-22)16-3-5-18-19(13-16)28-12-11-27-18/h3-6,13-15,22,29H,2,7-12H2,1H3. The van der Waals surface area contributed by atoms with E-state index in [1.807, 2.05) is 29.3 Å².